The first-order valence-corrected chi connectivity index (χ1v) is 20.2. The van der Waals surface area contributed by atoms with Gasteiger partial charge in [0, 0.05) is 6.42 Å². The van der Waals surface area contributed by atoms with Crippen LogP contribution in [0.4, 0.5) is 0 Å². The van der Waals surface area contributed by atoms with E-state index in [-0.39, 0.29) is 24.0 Å². The minimum absolute atomic E-state index is 0.0202. The SMILES string of the molecule is [CH2]CCCCCCCCC(CCCCCCCCCOC(=O)C(CCCCCC)CCCCCCCC)OC(=O)CCCN(C)C. The Morgan fingerprint density at radius 2 is 1.00 bits per heavy atom. The molecule has 0 aliphatic rings. The molecular weight excluding hydrogens is 570 g/mol. The van der Waals surface area contributed by atoms with Gasteiger partial charge >= 0.3 is 11.9 Å². The number of carbonyl (C=O) groups excluding carboxylic acids is 2. The monoisotopic (exact) mass is 651 g/mol. The Balaban J connectivity index is 4.19. The molecule has 2 unspecified atom stereocenters. The molecule has 0 saturated heterocycles. The topological polar surface area (TPSA) is 55.8 Å². The molecule has 5 nitrogen and oxygen atoms in total. The molecule has 0 N–H and O–H groups in total. The van der Waals surface area contributed by atoms with E-state index in [1.807, 2.05) is 14.1 Å². The van der Waals surface area contributed by atoms with Crippen molar-refractivity contribution in [2.75, 3.05) is 27.2 Å². The third-order valence-corrected chi connectivity index (χ3v) is 9.37. The second-order valence-corrected chi connectivity index (χ2v) is 14.3. The Labute approximate surface area is 288 Å². The van der Waals surface area contributed by atoms with E-state index in [9.17, 15) is 9.59 Å². The van der Waals surface area contributed by atoms with Gasteiger partial charge in [-0.25, -0.2) is 0 Å². The van der Waals surface area contributed by atoms with Crippen molar-refractivity contribution < 1.29 is 19.1 Å². The van der Waals surface area contributed by atoms with E-state index >= 15 is 0 Å². The molecule has 0 aromatic carbocycles. The summed E-state index contributed by atoms with van der Waals surface area (Å²) in [5.41, 5.74) is 0. The molecule has 0 fully saturated rings. The number of nitrogens with zero attached hydrogens (tertiary/aromatic N) is 1. The first kappa shape index (κ1) is 44.9. The Morgan fingerprint density at radius 1 is 0.565 bits per heavy atom. The van der Waals surface area contributed by atoms with Crippen LogP contribution in [0.2, 0.25) is 0 Å². The highest BCUT2D eigenvalue weighted by atomic mass is 16.5. The molecule has 5 heteroatoms. The van der Waals surface area contributed by atoms with Crippen LogP contribution in [0.1, 0.15) is 206 Å². The van der Waals surface area contributed by atoms with Crippen molar-refractivity contribution in [2.24, 2.45) is 5.92 Å². The molecule has 2 atom stereocenters. The van der Waals surface area contributed by atoms with Gasteiger partial charge in [0.05, 0.1) is 12.5 Å². The van der Waals surface area contributed by atoms with E-state index in [2.05, 4.69) is 25.7 Å². The number of carbonyl (C=O) groups is 2. The summed E-state index contributed by atoms with van der Waals surface area (Å²) in [6, 6.07) is 0. The molecule has 0 aromatic rings. The van der Waals surface area contributed by atoms with Gasteiger partial charge in [0.2, 0.25) is 0 Å². The maximum atomic E-state index is 12.9. The largest absolute Gasteiger partial charge is 0.465 e. The zero-order chi connectivity index (χ0) is 33.9. The van der Waals surface area contributed by atoms with Crippen LogP contribution in [0, 0.1) is 12.8 Å². The molecule has 0 bridgehead atoms. The first-order valence-electron chi connectivity index (χ1n) is 20.2. The Hall–Kier alpha value is -1.10. The summed E-state index contributed by atoms with van der Waals surface area (Å²) in [6.07, 6.45) is 34.7. The second-order valence-electron chi connectivity index (χ2n) is 14.3. The normalized spacial score (nSPS) is 12.8. The average molecular weight is 651 g/mol. The summed E-state index contributed by atoms with van der Waals surface area (Å²) in [4.78, 5) is 27.4. The first-order chi connectivity index (χ1) is 22.4. The molecule has 0 saturated carbocycles. The molecule has 273 valence electrons. The van der Waals surface area contributed by atoms with Gasteiger partial charge < -0.3 is 14.4 Å². The Bertz CT molecular complexity index is 652. The molecule has 46 heavy (non-hydrogen) atoms. The van der Waals surface area contributed by atoms with Crippen LogP contribution in [-0.2, 0) is 19.1 Å². The lowest BCUT2D eigenvalue weighted by molar-refractivity contribution is -0.150. The summed E-state index contributed by atoms with van der Waals surface area (Å²) >= 11 is 0. The van der Waals surface area contributed by atoms with Crippen molar-refractivity contribution in [3.8, 4) is 0 Å². The van der Waals surface area contributed by atoms with Gasteiger partial charge in [-0.05, 0) is 72.0 Å². The van der Waals surface area contributed by atoms with Crippen molar-refractivity contribution in [1.82, 2.24) is 4.90 Å². The van der Waals surface area contributed by atoms with E-state index < -0.39 is 0 Å². The Kier molecular flexibility index (Phi) is 34.4. The predicted molar refractivity (Wildman–Crippen MR) is 198 cm³/mol. The van der Waals surface area contributed by atoms with Crippen LogP contribution >= 0.6 is 0 Å². The second kappa shape index (κ2) is 35.2. The number of ether oxygens (including phenoxy) is 2. The lowest BCUT2D eigenvalue weighted by Gasteiger charge is -2.18. The highest BCUT2D eigenvalue weighted by Gasteiger charge is 2.19. The Morgan fingerprint density at radius 3 is 1.50 bits per heavy atom. The smallest absolute Gasteiger partial charge is 0.308 e. The molecular formula is C41H80NO4. The van der Waals surface area contributed by atoms with Gasteiger partial charge in [-0.15, -0.1) is 0 Å². The number of hydrogen-bond acceptors (Lipinski definition) is 5. The molecule has 0 rings (SSSR count). The van der Waals surface area contributed by atoms with Crippen LogP contribution in [0.25, 0.3) is 0 Å². The predicted octanol–water partition coefficient (Wildman–Crippen LogP) is 12.2. The fraction of sp³-hybridized carbons (Fsp3) is 0.927. The summed E-state index contributed by atoms with van der Waals surface area (Å²) < 4.78 is 11.7. The zero-order valence-electron chi connectivity index (χ0n) is 31.6. The highest BCUT2D eigenvalue weighted by molar-refractivity contribution is 5.72. The van der Waals surface area contributed by atoms with Crippen molar-refractivity contribution in [3.05, 3.63) is 6.92 Å². The average Bonchev–Trinajstić information content (AvgIpc) is 3.03. The van der Waals surface area contributed by atoms with E-state index in [1.165, 1.54) is 109 Å². The van der Waals surface area contributed by atoms with Gasteiger partial charge in [0.1, 0.15) is 6.10 Å². The molecule has 0 aromatic heterocycles. The van der Waals surface area contributed by atoms with Crippen LogP contribution in [0.15, 0.2) is 0 Å². The third-order valence-electron chi connectivity index (χ3n) is 9.37. The highest BCUT2D eigenvalue weighted by Crippen LogP contribution is 2.21. The summed E-state index contributed by atoms with van der Waals surface area (Å²) in [5, 5.41) is 0. The molecule has 0 amide bonds. The quantitative estimate of drug-likeness (QED) is 0.0499. The summed E-state index contributed by atoms with van der Waals surface area (Å²) in [6.45, 7) is 9.94. The van der Waals surface area contributed by atoms with Crippen LogP contribution in [-0.4, -0.2) is 50.2 Å². The minimum Gasteiger partial charge on any atom is -0.465 e. The lowest BCUT2D eigenvalue weighted by Crippen LogP contribution is -2.20. The molecule has 0 aliphatic carbocycles. The van der Waals surface area contributed by atoms with Crippen LogP contribution in [0.3, 0.4) is 0 Å². The number of esters is 2. The van der Waals surface area contributed by atoms with Crippen molar-refractivity contribution >= 4 is 11.9 Å². The zero-order valence-corrected chi connectivity index (χ0v) is 31.6. The van der Waals surface area contributed by atoms with Crippen molar-refractivity contribution in [1.29, 1.82) is 0 Å². The van der Waals surface area contributed by atoms with Crippen LogP contribution in [0.5, 0.6) is 0 Å². The van der Waals surface area contributed by atoms with Crippen molar-refractivity contribution in [3.63, 3.8) is 0 Å². The maximum absolute atomic E-state index is 12.9. The molecule has 0 aliphatic heterocycles. The fourth-order valence-corrected chi connectivity index (χ4v) is 6.32. The molecule has 0 heterocycles. The van der Waals surface area contributed by atoms with Gasteiger partial charge in [-0.3, -0.25) is 9.59 Å². The standard InChI is InChI=1S/C41H80NO4/c1-6-9-12-15-18-22-27-33-39(46-40(43)35-30-36-42(4)5)34-28-23-19-17-20-24-29-37-45-41(44)38(31-25-14-11-8-3)32-26-21-16-13-10-7-2/h38-39H,1,6-37H2,2-5H3. The van der Waals surface area contributed by atoms with Gasteiger partial charge in [-0.1, -0.05) is 156 Å². The lowest BCUT2D eigenvalue weighted by atomic mass is 9.94. The van der Waals surface area contributed by atoms with Gasteiger partial charge in [0.15, 0.2) is 0 Å². The maximum Gasteiger partial charge on any atom is 0.308 e. The molecule has 1 radical (unpaired) electrons. The van der Waals surface area contributed by atoms with E-state index in [4.69, 9.17) is 9.47 Å². The summed E-state index contributed by atoms with van der Waals surface area (Å²) in [7, 11) is 4.09. The minimum atomic E-state index is -0.0202. The van der Waals surface area contributed by atoms with Gasteiger partial charge in [-0.2, -0.15) is 0 Å². The summed E-state index contributed by atoms with van der Waals surface area (Å²) in [5.74, 6) is 0.146. The molecule has 0 spiro atoms. The number of unbranched alkanes of at least 4 members (excludes halogenated alkanes) is 20. The van der Waals surface area contributed by atoms with E-state index in [0.29, 0.717) is 13.0 Å². The van der Waals surface area contributed by atoms with Crippen molar-refractivity contribution in [2.45, 2.75) is 213 Å². The fourth-order valence-electron chi connectivity index (χ4n) is 6.32. The van der Waals surface area contributed by atoms with Gasteiger partial charge in [0.25, 0.3) is 0 Å². The number of rotatable bonds is 36. The number of hydrogen-bond donors (Lipinski definition) is 0. The van der Waals surface area contributed by atoms with Crippen LogP contribution < -0.4 is 0 Å². The third kappa shape index (κ3) is 31.5. The van der Waals surface area contributed by atoms with E-state index in [1.54, 1.807) is 0 Å². The van der Waals surface area contributed by atoms with E-state index in [0.717, 1.165) is 83.6 Å².